The molecule has 0 fully saturated rings. The Morgan fingerprint density at radius 2 is 1.87 bits per heavy atom. The van der Waals surface area contributed by atoms with E-state index in [0.717, 1.165) is 5.56 Å². The number of nitrogens with zero attached hydrogens (tertiary/aromatic N) is 1. The number of pyridine rings is 1. The first-order valence-electron chi connectivity index (χ1n) is 6.92. The fraction of sp³-hybridized carbons (Fsp3) is 0.250. The van der Waals surface area contributed by atoms with E-state index in [1.165, 1.54) is 7.11 Å². The minimum absolute atomic E-state index is 0.342. The molecule has 2 aromatic rings. The minimum Gasteiger partial charge on any atom is -0.493 e. The molecule has 0 aliphatic rings. The number of benzene rings is 1. The van der Waals surface area contributed by atoms with E-state index in [2.05, 4.69) is 15.6 Å². The zero-order valence-electron chi connectivity index (χ0n) is 13.3. The molecule has 1 aromatic carbocycles. The number of nitrogens with one attached hydrogen (secondary N) is 2. The molecule has 0 aliphatic carbocycles. The Labute approximate surface area is 134 Å². The van der Waals surface area contributed by atoms with Crippen molar-refractivity contribution in [2.24, 2.45) is 0 Å². The van der Waals surface area contributed by atoms with Gasteiger partial charge >= 0.3 is 6.03 Å². The molecule has 7 heteroatoms. The number of urea groups is 1. The van der Waals surface area contributed by atoms with Crippen LogP contribution in [0, 0.1) is 0 Å². The van der Waals surface area contributed by atoms with Crippen molar-refractivity contribution >= 4 is 11.7 Å². The molecule has 2 amide bonds. The van der Waals surface area contributed by atoms with Crippen LogP contribution in [0.1, 0.15) is 5.56 Å². The number of methoxy groups -OCH3 is 3. The van der Waals surface area contributed by atoms with Crippen LogP contribution in [0.15, 0.2) is 36.5 Å². The topological polar surface area (TPSA) is 81.7 Å². The highest BCUT2D eigenvalue weighted by molar-refractivity contribution is 5.90. The van der Waals surface area contributed by atoms with Crippen LogP contribution in [0.4, 0.5) is 10.5 Å². The molecule has 2 N–H and O–H groups in total. The molecule has 0 spiro atoms. The first kappa shape index (κ1) is 16.4. The molecule has 0 saturated carbocycles. The van der Waals surface area contributed by atoms with Crippen LogP contribution in [-0.2, 0) is 6.54 Å². The Hall–Kier alpha value is -2.96. The quantitative estimate of drug-likeness (QED) is 0.855. The Morgan fingerprint density at radius 3 is 2.57 bits per heavy atom. The average molecular weight is 317 g/mol. The van der Waals surface area contributed by atoms with E-state index in [-0.39, 0.29) is 6.03 Å². The van der Waals surface area contributed by atoms with Crippen molar-refractivity contribution < 1.29 is 19.0 Å². The maximum Gasteiger partial charge on any atom is 0.319 e. The van der Waals surface area contributed by atoms with Crippen LogP contribution < -0.4 is 24.8 Å². The second-order valence-electron chi connectivity index (χ2n) is 4.56. The van der Waals surface area contributed by atoms with Crippen molar-refractivity contribution in [3.05, 3.63) is 42.1 Å². The number of hydrogen-bond acceptors (Lipinski definition) is 5. The van der Waals surface area contributed by atoms with E-state index >= 15 is 0 Å². The van der Waals surface area contributed by atoms with E-state index in [9.17, 15) is 4.79 Å². The van der Waals surface area contributed by atoms with Crippen LogP contribution >= 0.6 is 0 Å². The maximum absolute atomic E-state index is 12.0. The van der Waals surface area contributed by atoms with Crippen LogP contribution in [0.25, 0.3) is 0 Å². The van der Waals surface area contributed by atoms with Crippen LogP contribution in [0.5, 0.6) is 17.4 Å². The smallest absolute Gasteiger partial charge is 0.319 e. The number of ether oxygens (including phenoxy) is 3. The van der Waals surface area contributed by atoms with Gasteiger partial charge in [-0.2, -0.15) is 0 Å². The predicted molar refractivity (Wildman–Crippen MR) is 86.2 cm³/mol. The van der Waals surface area contributed by atoms with Crippen molar-refractivity contribution in [3.8, 4) is 17.4 Å². The molecule has 23 heavy (non-hydrogen) atoms. The van der Waals surface area contributed by atoms with E-state index in [4.69, 9.17) is 14.2 Å². The fourth-order valence-corrected chi connectivity index (χ4v) is 1.99. The lowest BCUT2D eigenvalue weighted by atomic mass is 10.2. The molecule has 2 rings (SSSR count). The number of carbonyl (C=O) groups excluding carboxylic acids is 1. The molecule has 0 radical (unpaired) electrons. The van der Waals surface area contributed by atoms with Gasteiger partial charge in [-0.25, -0.2) is 9.78 Å². The van der Waals surface area contributed by atoms with Gasteiger partial charge in [0.15, 0.2) is 11.5 Å². The molecule has 1 heterocycles. The first-order valence-corrected chi connectivity index (χ1v) is 6.92. The van der Waals surface area contributed by atoms with Gasteiger partial charge in [0, 0.05) is 12.7 Å². The second-order valence-corrected chi connectivity index (χ2v) is 4.56. The van der Waals surface area contributed by atoms with Gasteiger partial charge in [-0.05, 0) is 29.8 Å². The first-order chi connectivity index (χ1) is 11.2. The number of carbonyl (C=O) groups is 1. The Morgan fingerprint density at radius 1 is 1.09 bits per heavy atom. The van der Waals surface area contributed by atoms with Crippen LogP contribution in [0.2, 0.25) is 0 Å². The third-order valence-electron chi connectivity index (χ3n) is 3.11. The van der Waals surface area contributed by atoms with E-state index in [0.29, 0.717) is 29.6 Å². The Balaban J connectivity index is 1.96. The van der Waals surface area contributed by atoms with Gasteiger partial charge in [0.2, 0.25) is 5.88 Å². The van der Waals surface area contributed by atoms with Crippen molar-refractivity contribution in [1.82, 2.24) is 10.3 Å². The summed E-state index contributed by atoms with van der Waals surface area (Å²) in [6.45, 7) is 0.342. The zero-order chi connectivity index (χ0) is 16.7. The SMILES string of the molecule is COc1ccc(CNC(=O)Nc2cccnc2OC)cc1OC. The number of hydrogen-bond donors (Lipinski definition) is 2. The van der Waals surface area contributed by atoms with E-state index in [1.807, 2.05) is 12.1 Å². The summed E-state index contributed by atoms with van der Waals surface area (Å²) in [6.07, 6.45) is 1.59. The van der Waals surface area contributed by atoms with Gasteiger partial charge in [0.05, 0.1) is 21.3 Å². The summed E-state index contributed by atoms with van der Waals surface area (Å²) in [5.74, 6) is 1.61. The summed E-state index contributed by atoms with van der Waals surface area (Å²) in [5.41, 5.74) is 1.38. The molecule has 0 saturated heterocycles. The van der Waals surface area contributed by atoms with Crippen molar-refractivity contribution in [3.63, 3.8) is 0 Å². The summed E-state index contributed by atoms with van der Waals surface area (Å²) in [5, 5.41) is 5.45. The monoisotopic (exact) mass is 317 g/mol. The normalized spacial score (nSPS) is 9.87. The van der Waals surface area contributed by atoms with Gasteiger partial charge in [-0.3, -0.25) is 0 Å². The minimum atomic E-state index is -0.355. The number of aromatic nitrogens is 1. The highest BCUT2D eigenvalue weighted by Crippen LogP contribution is 2.27. The van der Waals surface area contributed by atoms with Crippen molar-refractivity contribution in [2.75, 3.05) is 26.6 Å². The molecule has 122 valence electrons. The molecule has 0 atom stereocenters. The summed E-state index contributed by atoms with van der Waals surface area (Å²) in [7, 11) is 4.63. The third kappa shape index (κ3) is 4.26. The lowest BCUT2D eigenvalue weighted by Gasteiger charge is -2.12. The molecule has 0 unspecified atom stereocenters. The molecular weight excluding hydrogens is 298 g/mol. The van der Waals surface area contributed by atoms with Crippen molar-refractivity contribution in [1.29, 1.82) is 0 Å². The summed E-state index contributed by atoms with van der Waals surface area (Å²) in [4.78, 5) is 16.0. The van der Waals surface area contributed by atoms with E-state index < -0.39 is 0 Å². The highest BCUT2D eigenvalue weighted by atomic mass is 16.5. The largest absolute Gasteiger partial charge is 0.493 e. The predicted octanol–water partition coefficient (Wildman–Crippen LogP) is 2.43. The molecule has 1 aromatic heterocycles. The third-order valence-corrected chi connectivity index (χ3v) is 3.11. The average Bonchev–Trinajstić information content (AvgIpc) is 2.60. The lowest BCUT2D eigenvalue weighted by Crippen LogP contribution is -2.28. The molecule has 0 aliphatic heterocycles. The van der Waals surface area contributed by atoms with Gasteiger partial charge in [0.25, 0.3) is 0 Å². The number of anilines is 1. The molecule has 7 nitrogen and oxygen atoms in total. The summed E-state index contributed by atoms with van der Waals surface area (Å²) >= 11 is 0. The van der Waals surface area contributed by atoms with Gasteiger partial charge in [-0.15, -0.1) is 0 Å². The summed E-state index contributed by atoms with van der Waals surface area (Å²) < 4.78 is 15.5. The van der Waals surface area contributed by atoms with E-state index in [1.54, 1.807) is 38.6 Å². The Bertz CT molecular complexity index is 676. The zero-order valence-corrected chi connectivity index (χ0v) is 13.3. The van der Waals surface area contributed by atoms with Gasteiger partial charge in [-0.1, -0.05) is 6.07 Å². The number of amides is 2. The van der Waals surface area contributed by atoms with Crippen molar-refractivity contribution in [2.45, 2.75) is 6.54 Å². The standard InChI is InChI=1S/C16H19N3O4/c1-21-13-7-6-11(9-14(13)22-2)10-18-16(20)19-12-5-4-8-17-15(12)23-3/h4-9H,10H2,1-3H3,(H2,18,19,20). The van der Waals surface area contributed by atoms with Gasteiger partial charge < -0.3 is 24.8 Å². The molecular formula is C16H19N3O4. The lowest BCUT2D eigenvalue weighted by molar-refractivity contribution is 0.251. The number of rotatable bonds is 6. The van der Waals surface area contributed by atoms with Crippen LogP contribution in [-0.4, -0.2) is 32.3 Å². The van der Waals surface area contributed by atoms with Gasteiger partial charge in [0.1, 0.15) is 5.69 Å². The maximum atomic E-state index is 12.0. The Kier molecular flexibility index (Phi) is 5.62. The highest BCUT2D eigenvalue weighted by Gasteiger charge is 2.09. The summed E-state index contributed by atoms with van der Waals surface area (Å²) in [6, 6.07) is 8.52. The van der Waals surface area contributed by atoms with Crippen LogP contribution in [0.3, 0.4) is 0 Å². The fourth-order valence-electron chi connectivity index (χ4n) is 1.99. The molecule has 0 bridgehead atoms. The second kappa shape index (κ2) is 7.88.